The molecule has 1 aliphatic heterocycles. The summed E-state index contributed by atoms with van der Waals surface area (Å²) in [5.74, 6) is 1.06. The Kier molecular flexibility index (Phi) is 2.32. The summed E-state index contributed by atoms with van der Waals surface area (Å²) in [6, 6.07) is 5.94. The quantitative estimate of drug-likeness (QED) is 0.790. The summed E-state index contributed by atoms with van der Waals surface area (Å²) in [7, 11) is 0. The van der Waals surface area contributed by atoms with E-state index in [2.05, 4.69) is 20.9 Å². The van der Waals surface area contributed by atoms with Crippen molar-refractivity contribution in [3.8, 4) is 0 Å². The van der Waals surface area contributed by atoms with Gasteiger partial charge in [-0.15, -0.1) is 0 Å². The minimum Gasteiger partial charge on any atom is -0.314 e. The zero-order valence-electron chi connectivity index (χ0n) is 8.83. The molecule has 0 spiro atoms. The van der Waals surface area contributed by atoms with E-state index in [4.69, 9.17) is 5.41 Å². The average molecular weight is 278 g/mol. The second-order valence-corrected chi connectivity index (χ2v) is 5.06. The standard InChI is InChI=1S/C12H12BrN3/c13-8-4-5-10-9(7-8)12(14)16-6-2-1-3-11(16)15-10/h4-5,7,14H,1-3,6H2. The molecule has 1 aromatic carbocycles. The van der Waals surface area contributed by atoms with Crippen molar-refractivity contribution < 1.29 is 0 Å². The normalized spacial score (nSPS) is 15.1. The summed E-state index contributed by atoms with van der Waals surface area (Å²) in [5.41, 5.74) is 1.53. The lowest BCUT2D eigenvalue weighted by molar-refractivity contribution is 0.493. The van der Waals surface area contributed by atoms with Crippen molar-refractivity contribution in [3.05, 3.63) is 34.0 Å². The predicted octanol–water partition coefficient (Wildman–Crippen LogP) is 2.61. The Morgan fingerprint density at radius 1 is 1.31 bits per heavy atom. The molecule has 0 unspecified atom stereocenters. The van der Waals surface area contributed by atoms with Crippen molar-refractivity contribution in [1.29, 1.82) is 5.41 Å². The number of nitrogens with zero attached hydrogens (tertiary/aromatic N) is 2. The van der Waals surface area contributed by atoms with E-state index in [0.29, 0.717) is 5.49 Å². The van der Waals surface area contributed by atoms with E-state index in [1.807, 2.05) is 22.8 Å². The molecule has 0 aliphatic carbocycles. The summed E-state index contributed by atoms with van der Waals surface area (Å²) in [6.07, 6.45) is 3.34. The highest BCUT2D eigenvalue weighted by Gasteiger charge is 2.12. The van der Waals surface area contributed by atoms with Crippen LogP contribution in [-0.4, -0.2) is 9.55 Å². The van der Waals surface area contributed by atoms with Crippen molar-refractivity contribution in [3.63, 3.8) is 0 Å². The molecule has 82 valence electrons. The van der Waals surface area contributed by atoms with Gasteiger partial charge in [-0.2, -0.15) is 0 Å². The molecule has 0 radical (unpaired) electrons. The minimum absolute atomic E-state index is 0.598. The molecule has 0 amide bonds. The van der Waals surface area contributed by atoms with Crippen LogP contribution in [0, 0.1) is 5.41 Å². The van der Waals surface area contributed by atoms with Crippen LogP contribution in [0.25, 0.3) is 10.9 Å². The Hall–Kier alpha value is -1.16. The fraction of sp³-hybridized carbons (Fsp3) is 0.333. The molecular formula is C12H12BrN3. The first-order valence-electron chi connectivity index (χ1n) is 5.49. The van der Waals surface area contributed by atoms with Gasteiger partial charge < -0.3 is 4.57 Å². The van der Waals surface area contributed by atoms with Gasteiger partial charge in [-0.05, 0) is 31.0 Å². The molecular weight excluding hydrogens is 266 g/mol. The molecule has 1 aliphatic rings. The van der Waals surface area contributed by atoms with Gasteiger partial charge in [-0.25, -0.2) is 4.98 Å². The number of halogens is 1. The monoisotopic (exact) mass is 277 g/mol. The predicted molar refractivity (Wildman–Crippen MR) is 66.2 cm³/mol. The molecule has 0 saturated carbocycles. The van der Waals surface area contributed by atoms with Crippen molar-refractivity contribution in [2.45, 2.75) is 25.8 Å². The third kappa shape index (κ3) is 1.48. The Bertz CT molecular complexity index is 615. The molecule has 0 saturated heterocycles. The zero-order valence-corrected chi connectivity index (χ0v) is 10.4. The highest BCUT2D eigenvalue weighted by molar-refractivity contribution is 9.10. The van der Waals surface area contributed by atoms with Crippen LogP contribution < -0.4 is 5.49 Å². The fourth-order valence-electron chi connectivity index (χ4n) is 2.25. The van der Waals surface area contributed by atoms with E-state index in [0.717, 1.165) is 40.6 Å². The van der Waals surface area contributed by atoms with Crippen LogP contribution in [0.1, 0.15) is 18.7 Å². The number of rotatable bonds is 0. The Morgan fingerprint density at radius 2 is 2.19 bits per heavy atom. The molecule has 3 rings (SSSR count). The summed E-state index contributed by atoms with van der Waals surface area (Å²) in [4.78, 5) is 4.64. The Balaban J connectivity index is 2.40. The number of nitrogens with one attached hydrogen (secondary N) is 1. The van der Waals surface area contributed by atoms with Gasteiger partial charge in [-0.1, -0.05) is 15.9 Å². The van der Waals surface area contributed by atoms with Crippen molar-refractivity contribution in [2.24, 2.45) is 0 Å². The number of hydrogen-bond acceptors (Lipinski definition) is 2. The Labute approximate surface area is 102 Å². The first-order chi connectivity index (χ1) is 7.75. The van der Waals surface area contributed by atoms with Crippen LogP contribution in [0.5, 0.6) is 0 Å². The summed E-state index contributed by atoms with van der Waals surface area (Å²) < 4.78 is 3.05. The number of hydrogen-bond donors (Lipinski definition) is 1. The molecule has 0 bridgehead atoms. The van der Waals surface area contributed by atoms with E-state index < -0.39 is 0 Å². The third-order valence-electron chi connectivity index (χ3n) is 3.08. The summed E-state index contributed by atoms with van der Waals surface area (Å²) in [5, 5.41) is 9.15. The lowest BCUT2D eigenvalue weighted by Crippen LogP contribution is -2.28. The van der Waals surface area contributed by atoms with Crippen LogP contribution in [0.2, 0.25) is 0 Å². The second kappa shape index (κ2) is 3.70. The molecule has 0 fully saturated rings. The number of fused-ring (bicyclic) bond motifs is 2. The smallest absolute Gasteiger partial charge is 0.135 e. The van der Waals surface area contributed by atoms with E-state index >= 15 is 0 Å². The van der Waals surface area contributed by atoms with Crippen LogP contribution >= 0.6 is 15.9 Å². The SMILES string of the molecule is N=c1c2cc(Br)ccc2nc2n1CCCC2. The maximum Gasteiger partial charge on any atom is 0.135 e. The van der Waals surface area contributed by atoms with E-state index in [-0.39, 0.29) is 0 Å². The first-order valence-corrected chi connectivity index (χ1v) is 6.28. The fourth-order valence-corrected chi connectivity index (χ4v) is 2.62. The van der Waals surface area contributed by atoms with Gasteiger partial charge in [0.1, 0.15) is 11.3 Å². The van der Waals surface area contributed by atoms with Gasteiger partial charge in [-0.3, -0.25) is 5.41 Å². The van der Waals surface area contributed by atoms with Crippen LogP contribution in [0.15, 0.2) is 22.7 Å². The molecule has 1 aromatic heterocycles. The van der Waals surface area contributed by atoms with Crippen LogP contribution in [0.4, 0.5) is 0 Å². The van der Waals surface area contributed by atoms with Crippen molar-refractivity contribution in [1.82, 2.24) is 9.55 Å². The largest absolute Gasteiger partial charge is 0.314 e. The van der Waals surface area contributed by atoms with Gasteiger partial charge in [0.15, 0.2) is 0 Å². The first kappa shape index (κ1) is 10.0. The molecule has 2 heterocycles. The maximum atomic E-state index is 8.22. The van der Waals surface area contributed by atoms with E-state index in [9.17, 15) is 0 Å². The lowest BCUT2D eigenvalue weighted by atomic mass is 10.1. The van der Waals surface area contributed by atoms with Gasteiger partial charge in [0, 0.05) is 22.8 Å². The Morgan fingerprint density at radius 3 is 3.06 bits per heavy atom. The summed E-state index contributed by atoms with van der Waals surface area (Å²) in [6.45, 7) is 0.934. The van der Waals surface area contributed by atoms with Crippen LogP contribution in [0.3, 0.4) is 0 Å². The average Bonchev–Trinajstić information content (AvgIpc) is 2.31. The highest BCUT2D eigenvalue weighted by atomic mass is 79.9. The topological polar surface area (TPSA) is 41.7 Å². The van der Waals surface area contributed by atoms with Gasteiger partial charge >= 0.3 is 0 Å². The van der Waals surface area contributed by atoms with E-state index in [1.54, 1.807) is 0 Å². The van der Waals surface area contributed by atoms with Crippen molar-refractivity contribution in [2.75, 3.05) is 0 Å². The lowest BCUT2D eigenvalue weighted by Gasteiger charge is -2.19. The second-order valence-electron chi connectivity index (χ2n) is 4.15. The number of aromatic nitrogens is 2. The van der Waals surface area contributed by atoms with Crippen molar-refractivity contribution >= 4 is 26.8 Å². The highest BCUT2D eigenvalue weighted by Crippen LogP contribution is 2.18. The van der Waals surface area contributed by atoms with Gasteiger partial charge in [0.05, 0.1) is 5.52 Å². The molecule has 1 N–H and O–H groups in total. The molecule has 3 nitrogen and oxygen atoms in total. The van der Waals surface area contributed by atoms with Crippen LogP contribution in [-0.2, 0) is 13.0 Å². The maximum absolute atomic E-state index is 8.22. The number of benzene rings is 1. The van der Waals surface area contributed by atoms with Gasteiger partial charge in [0.25, 0.3) is 0 Å². The third-order valence-corrected chi connectivity index (χ3v) is 3.57. The molecule has 16 heavy (non-hydrogen) atoms. The van der Waals surface area contributed by atoms with E-state index in [1.165, 1.54) is 6.42 Å². The number of aryl methyl sites for hydroxylation is 1. The van der Waals surface area contributed by atoms with Gasteiger partial charge in [0.2, 0.25) is 0 Å². The molecule has 2 aromatic rings. The molecule has 4 heteroatoms. The summed E-state index contributed by atoms with van der Waals surface area (Å²) >= 11 is 3.44. The zero-order chi connectivity index (χ0) is 11.1. The molecule has 0 atom stereocenters. The minimum atomic E-state index is 0.598.